The van der Waals surface area contributed by atoms with Gasteiger partial charge in [-0.3, -0.25) is 0 Å². The van der Waals surface area contributed by atoms with E-state index in [9.17, 15) is 0 Å². The highest BCUT2D eigenvalue weighted by atomic mass is 16.2. The molecular formula is C12H22O. The number of allylic oxidation sites excluding steroid dienone is 3. The maximum atomic E-state index is 8.50. The Kier molecular flexibility index (Phi) is 10.9. The summed E-state index contributed by atoms with van der Waals surface area (Å²) in [7, 11) is 0. The van der Waals surface area contributed by atoms with Gasteiger partial charge in [-0.15, -0.1) is 0 Å². The zero-order chi connectivity index (χ0) is 9.78. The lowest BCUT2D eigenvalue weighted by Gasteiger charge is -1.90. The molecule has 0 unspecified atom stereocenters. The molecule has 0 bridgehead atoms. The summed E-state index contributed by atoms with van der Waals surface area (Å²) < 4.78 is 0. The van der Waals surface area contributed by atoms with Crippen molar-refractivity contribution in [1.29, 1.82) is 0 Å². The minimum absolute atomic E-state index is 0.261. The van der Waals surface area contributed by atoms with Crippen LogP contribution in [0.3, 0.4) is 0 Å². The van der Waals surface area contributed by atoms with Gasteiger partial charge in [0.2, 0.25) is 0 Å². The van der Waals surface area contributed by atoms with Gasteiger partial charge in [0.05, 0.1) is 0 Å². The minimum atomic E-state index is 0.261. The van der Waals surface area contributed by atoms with Crippen LogP contribution in [0.5, 0.6) is 0 Å². The summed E-state index contributed by atoms with van der Waals surface area (Å²) in [6, 6.07) is 0. The molecular weight excluding hydrogens is 160 g/mol. The lowest BCUT2D eigenvalue weighted by Crippen LogP contribution is -1.74. The van der Waals surface area contributed by atoms with Crippen molar-refractivity contribution in [3.05, 3.63) is 24.3 Å². The maximum absolute atomic E-state index is 8.50. The van der Waals surface area contributed by atoms with Gasteiger partial charge in [0.25, 0.3) is 0 Å². The molecule has 1 heteroatoms. The van der Waals surface area contributed by atoms with Crippen molar-refractivity contribution >= 4 is 0 Å². The van der Waals surface area contributed by atoms with Crippen LogP contribution in [0.4, 0.5) is 0 Å². The Morgan fingerprint density at radius 3 is 2.23 bits per heavy atom. The summed E-state index contributed by atoms with van der Waals surface area (Å²) in [5.41, 5.74) is 0. The molecule has 1 N–H and O–H groups in total. The van der Waals surface area contributed by atoms with Gasteiger partial charge in [0.15, 0.2) is 0 Å². The normalized spacial score (nSPS) is 11.8. The number of hydrogen-bond acceptors (Lipinski definition) is 1. The fraction of sp³-hybridized carbons (Fsp3) is 0.667. The molecule has 0 saturated heterocycles. The zero-order valence-corrected chi connectivity index (χ0v) is 8.71. The molecule has 0 saturated carbocycles. The van der Waals surface area contributed by atoms with Crippen molar-refractivity contribution in [2.75, 3.05) is 6.61 Å². The van der Waals surface area contributed by atoms with Crippen LogP contribution in [-0.4, -0.2) is 11.7 Å². The van der Waals surface area contributed by atoms with Gasteiger partial charge in [0.1, 0.15) is 0 Å². The first kappa shape index (κ1) is 12.4. The highest BCUT2D eigenvalue weighted by Crippen LogP contribution is 2.00. The van der Waals surface area contributed by atoms with E-state index in [2.05, 4.69) is 25.2 Å². The molecule has 0 aliphatic carbocycles. The van der Waals surface area contributed by atoms with Gasteiger partial charge in [-0.25, -0.2) is 0 Å². The van der Waals surface area contributed by atoms with Crippen LogP contribution in [0, 0.1) is 0 Å². The summed E-state index contributed by atoms with van der Waals surface area (Å²) in [6.45, 7) is 2.48. The molecule has 0 aromatic heterocycles. The monoisotopic (exact) mass is 182 g/mol. The minimum Gasteiger partial charge on any atom is -0.396 e. The standard InChI is InChI=1S/C12H22O/c1-2-3-4-5-6-7-8-9-10-11-12-13/h6-7,9-10,13H,2-5,8,11-12H2,1H3/b7-6?,10-9-. The molecule has 0 spiro atoms. The first-order valence-corrected chi connectivity index (χ1v) is 5.32. The van der Waals surface area contributed by atoms with Gasteiger partial charge in [0, 0.05) is 6.61 Å². The van der Waals surface area contributed by atoms with Crippen molar-refractivity contribution < 1.29 is 5.11 Å². The van der Waals surface area contributed by atoms with Crippen LogP contribution < -0.4 is 0 Å². The van der Waals surface area contributed by atoms with Gasteiger partial charge >= 0.3 is 0 Å². The van der Waals surface area contributed by atoms with Crippen LogP contribution >= 0.6 is 0 Å². The predicted molar refractivity (Wildman–Crippen MR) is 58.7 cm³/mol. The van der Waals surface area contributed by atoms with Crippen LogP contribution in [0.25, 0.3) is 0 Å². The second-order valence-corrected chi connectivity index (χ2v) is 3.19. The van der Waals surface area contributed by atoms with E-state index in [4.69, 9.17) is 5.11 Å². The lowest BCUT2D eigenvalue weighted by atomic mass is 10.2. The van der Waals surface area contributed by atoms with Crippen LogP contribution in [0.1, 0.15) is 45.4 Å². The molecule has 76 valence electrons. The van der Waals surface area contributed by atoms with E-state index in [1.165, 1.54) is 25.7 Å². The molecule has 13 heavy (non-hydrogen) atoms. The lowest BCUT2D eigenvalue weighted by molar-refractivity contribution is 0.302. The topological polar surface area (TPSA) is 20.2 Å². The highest BCUT2D eigenvalue weighted by Gasteiger charge is 1.80. The second kappa shape index (κ2) is 11.4. The average molecular weight is 182 g/mol. The zero-order valence-electron chi connectivity index (χ0n) is 8.71. The SMILES string of the molecule is CCCCCC=CC/C=C\CCO. The number of unbranched alkanes of at least 4 members (excludes halogenated alkanes) is 3. The number of aliphatic hydroxyl groups is 1. The Morgan fingerprint density at radius 1 is 0.923 bits per heavy atom. The summed E-state index contributed by atoms with van der Waals surface area (Å²) in [5, 5.41) is 8.50. The van der Waals surface area contributed by atoms with Crippen LogP contribution in [-0.2, 0) is 0 Å². The summed E-state index contributed by atoms with van der Waals surface area (Å²) in [4.78, 5) is 0. The Balaban J connectivity index is 3.11. The van der Waals surface area contributed by atoms with E-state index in [1.54, 1.807) is 0 Å². The molecule has 0 amide bonds. The molecule has 0 rings (SSSR count). The van der Waals surface area contributed by atoms with Crippen molar-refractivity contribution in [1.82, 2.24) is 0 Å². The fourth-order valence-electron chi connectivity index (χ4n) is 1.09. The predicted octanol–water partition coefficient (Wildman–Crippen LogP) is 3.45. The Bertz CT molecular complexity index is 136. The van der Waals surface area contributed by atoms with Crippen molar-refractivity contribution in [3.63, 3.8) is 0 Å². The highest BCUT2D eigenvalue weighted by molar-refractivity contribution is 4.92. The molecule has 0 heterocycles. The van der Waals surface area contributed by atoms with Crippen LogP contribution in [0.2, 0.25) is 0 Å². The van der Waals surface area contributed by atoms with E-state index in [-0.39, 0.29) is 6.61 Å². The van der Waals surface area contributed by atoms with E-state index >= 15 is 0 Å². The van der Waals surface area contributed by atoms with Gasteiger partial charge < -0.3 is 5.11 Å². The molecule has 0 fully saturated rings. The summed E-state index contributed by atoms with van der Waals surface area (Å²) in [6.07, 6.45) is 15.5. The van der Waals surface area contributed by atoms with Gasteiger partial charge in [-0.05, 0) is 25.7 Å². The van der Waals surface area contributed by atoms with Gasteiger partial charge in [-0.2, -0.15) is 0 Å². The maximum Gasteiger partial charge on any atom is 0.0465 e. The Morgan fingerprint density at radius 2 is 1.62 bits per heavy atom. The number of rotatable bonds is 8. The molecule has 0 atom stereocenters. The smallest absolute Gasteiger partial charge is 0.0465 e. The quantitative estimate of drug-likeness (QED) is 0.450. The van der Waals surface area contributed by atoms with E-state index in [0.29, 0.717) is 0 Å². The van der Waals surface area contributed by atoms with Crippen molar-refractivity contribution in [3.8, 4) is 0 Å². The third-order valence-electron chi connectivity index (χ3n) is 1.88. The van der Waals surface area contributed by atoms with E-state index < -0.39 is 0 Å². The fourth-order valence-corrected chi connectivity index (χ4v) is 1.09. The second-order valence-electron chi connectivity index (χ2n) is 3.19. The molecule has 0 aliphatic rings. The first-order chi connectivity index (χ1) is 6.41. The summed E-state index contributed by atoms with van der Waals surface area (Å²) >= 11 is 0. The molecule has 0 radical (unpaired) electrons. The van der Waals surface area contributed by atoms with Crippen molar-refractivity contribution in [2.24, 2.45) is 0 Å². The largest absolute Gasteiger partial charge is 0.396 e. The molecule has 0 aliphatic heterocycles. The Labute approximate surface area is 82.2 Å². The number of hydrogen-bond donors (Lipinski definition) is 1. The third-order valence-corrected chi connectivity index (χ3v) is 1.88. The average Bonchev–Trinajstić information content (AvgIpc) is 2.16. The Hall–Kier alpha value is -0.560. The first-order valence-electron chi connectivity index (χ1n) is 5.32. The van der Waals surface area contributed by atoms with Crippen molar-refractivity contribution in [2.45, 2.75) is 45.4 Å². The van der Waals surface area contributed by atoms with E-state index in [1.807, 2.05) is 6.08 Å². The third kappa shape index (κ3) is 11.4. The summed E-state index contributed by atoms with van der Waals surface area (Å²) in [5.74, 6) is 0. The number of aliphatic hydroxyl groups excluding tert-OH is 1. The van der Waals surface area contributed by atoms with Gasteiger partial charge in [-0.1, -0.05) is 44.1 Å². The van der Waals surface area contributed by atoms with E-state index in [0.717, 1.165) is 12.8 Å². The van der Waals surface area contributed by atoms with Crippen LogP contribution in [0.15, 0.2) is 24.3 Å². The molecule has 1 nitrogen and oxygen atoms in total. The molecule has 0 aromatic carbocycles. The molecule has 0 aromatic rings.